The van der Waals surface area contributed by atoms with E-state index < -0.39 is 0 Å². The second-order valence-electron chi connectivity index (χ2n) is 5.91. The fourth-order valence-electron chi connectivity index (χ4n) is 2.94. The molecule has 2 aromatic carbocycles. The minimum Gasteiger partial charge on any atom is -0.398 e. The first-order chi connectivity index (χ1) is 11.8. The summed E-state index contributed by atoms with van der Waals surface area (Å²) < 4.78 is 2.13. The van der Waals surface area contributed by atoms with Crippen LogP contribution in [-0.2, 0) is 6.54 Å². The zero-order valence-corrected chi connectivity index (χ0v) is 13.3. The van der Waals surface area contributed by atoms with Crippen molar-refractivity contribution >= 4 is 16.5 Å². The molecule has 3 heteroatoms. The zero-order valence-electron chi connectivity index (χ0n) is 13.3. The molecule has 0 aliphatic heterocycles. The van der Waals surface area contributed by atoms with E-state index in [0.717, 1.165) is 23.2 Å². The Morgan fingerprint density at radius 1 is 0.875 bits per heavy atom. The van der Waals surface area contributed by atoms with Gasteiger partial charge in [-0.3, -0.25) is 4.98 Å². The lowest BCUT2D eigenvalue weighted by Crippen LogP contribution is -2.33. The number of hydrogen-bond acceptors (Lipinski definition) is 2. The highest BCUT2D eigenvalue weighted by atomic mass is 14.9. The molecule has 24 heavy (non-hydrogen) atoms. The first-order valence-corrected chi connectivity index (χ1v) is 7.96. The first kappa shape index (κ1) is 14.4. The Morgan fingerprint density at radius 2 is 1.67 bits per heavy atom. The second kappa shape index (κ2) is 6.13. The molecule has 4 aromatic rings. The largest absolute Gasteiger partial charge is 0.398 e. The van der Waals surface area contributed by atoms with Crippen LogP contribution >= 0.6 is 0 Å². The minimum absolute atomic E-state index is 0.780. The summed E-state index contributed by atoms with van der Waals surface area (Å²) in [5.41, 5.74) is 10.1. The van der Waals surface area contributed by atoms with Gasteiger partial charge in [-0.1, -0.05) is 42.5 Å². The van der Waals surface area contributed by atoms with E-state index in [1.807, 2.05) is 43.0 Å². The lowest BCUT2D eigenvalue weighted by atomic mass is 9.99. The molecule has 0 aliphatic rings. The van der Waals surface area contributed by atoms with Crippen molar-refractivity contribution in [2.24, 2.45) is 0 Å². The molecule has 0 bridgehead atoms. The molecular formula is C21H18N3+. The third-order valence-corrected chi connectivity index (χ3v) is 4.19. The SMILES string of the molecule is Nc1cc[n+](Cc2ccc3cncc(-c4ccccc4)c3c2)cc1. The van der Waals surface area contributed by atoms with E-state index in [9.17, 15) is 0 Å². The van der Waals surface area contributed by atoms with E-state index in [1.54, 1.807) is 0 Å². The highest BCUT2D eigenvalue weighted by molar-refractivity contribution is 5.96. The molecule has 0 unspecified atom stereocenters. The molecule has 0 spiro atoms. The number of hydrogen-bond donors (Lipinski definition) is 1. The Morgan fingerprint density at radius 3 is 2.46 bits per heavy atom. The van der Waals surface area contributed by atoms with Crippen molar-refractivity contribution in [2.75, 3.05) is 5.73 Å². The fraction of sp³-hybridized carbons (Fsp3) is 0.0476. The molecule has 2 aromatic heterocycles. The van der Waals surface area contributed by atoms with Gasteiger partial charge < -0.3 is 5.73 Å². The van der Waals surface area contributed by atoms with Crippen molar-refractivity contribution in [3.05, 3.63) is 91.0 Å². The van der Waals surface area contributed by atoms with Crippen molar-refractivity contribution in [2.45, 2.75) is 6.54 Å². The van der Waals surface area contributed by atoms with Crippen LogP contribution in [0.2, 0.25) is 0 Å². The zero-order chi connectivity index (χ0) is 16.4. The number of nitrogen functional groups attached to an aromatic ring is 1. The molecule has 0 radical (unpaired) electrons. The van der Waals surface area contributed by atoms with Crippen LogP contribution in [-0.4, -0.2) is 4.98 Å². The second-order valence-corrected chi connectivity index (χ2v) is 5.91. The Kier molecular flexibility index (Phi) is 3.67. The highest BCUT2D eigenvalue weighted by Crippen LogP contribution is 2.28. The molecule has 0 amide bonds. The van der Waals surface area contributed by atoms with Crippen molar-refractivity contribution < 1.29 is 4.57 Å². The summed E-state index contributed by atoms with van der Waals surface area (Å²) in [6.45, 7) is 0.812. The van der Waals surface area contributed by atoms with E-state index in [1.165, 1.54) is 16.5 Å². The summed E-state index contributed by atoms with van der Waals surface area (Å²) in [4.78, 5) is 4.39. The van der Waals surface area contributed by atoms with Crippen LogP contribution in [0.5, 0.6) is 0 Å². The van der Waals surface area contributed by atoms with Crippen LogP contribution in [0.25, 0.3) is 21.9 Å². The van der Waals surface area contributed by atoms with Gasteiger partial charge in [0.25, 0.3) is 0 Å². The van der Waals surface area contributed by atoms with Crippen molar-refractivity contribution in [1.82, 2.24) is 4.98 Å². The number of fused-ring (bicyclic) bond motifs is 1. The van der Waals surface area contributed by atoms with E-state index >= 15 is 0 Å². The van der Waals surface area contributed by atoms with Crippen molar-refractivity contribution in [3.8, 4) is 11.1 Å². The van der Waals surface area contributed by atoms with E-state index in [2.05, 4.69) is 52.0 Å². The molecule has 0 saturated carbocycles. The fourth-order valence-corrected chi connectivity index (χ4v) is 2.94. The average Bonchev–Trinajstić information content (AvgIpc) is 2.64. The number of anilines is 1. The summed E-state index contributed by atoms with van der Waals surface area (Å²) >= 11 is 0. The van der Waals surface area contributed by atoms with Gasteiger partial charge in [0, 0.05) is 46.7 Å². The lowest BCUT2D eigenvalue weighted by molar-refractivity contribution is -0.688. The van der Waals surface area contributed by atoms with Crippen molar-refractivity contribution in [1.29, 1.82) is 0 Å². The summed E-state index contributed by atoms with van der Waals surface area (Å²) in [6, 6.07) is 20.8. The highest BCUT2D eigenvalue weighted by Gasteiger charge is 2.08. The minimum atomic E-state index is 0.780. The average molecular weight is 312 g/mol. The van der Waals surface area contributed by atoms with Gasteiger partial charge in [0.1, 0.15) is 0 Å². The Balaban J connectivity index is 1.78. The van der Waals surface area contributed by atoms with E-state index in [0.29, 0.717) is 0 Å². The van der Waals surface area contributed by atoms with E-state index in [-0.39, 0.29) is 0 Å². The molecule has 2 heterocycles. The van der Waals surface area contributed by atoms with Gasteiger partial charge in [0.15, 0.2) is 18.9 Å². The molecule has 0 saturated heterocycles. The van der Waals surface area contributed by atoms with E-state index in [4.69, 9.17) is 5.73 Å². The third-order valence-electron chi connectivity index (χ3n) is 4.19. The summed E-state index contributed by atoms with van der Waals surface area (Å²) in [5, 5.41) is 2.38. The summed E-state index contributed by atoms with van der Waals surface area (Å²) in [5.74, 6) is 0. The predicted octanol–water partition coefficient (Wildman–Crippen LogP) is 3.82. The standard InChI is InChI=1S/C21H17N3/c22-19-8-10-24(11-9-19)15-16-6-7-18-13-23-14-21(20(18)12-16)17-4-2-1-3-5-17/h1-14,22H,15H2/p+1. The Labute approximate surface area is 141 Å². The quantitative estimate of drug-likeness (QED) is 0.584. The van der Waals surface area contributed by atoms with Gasteiger partial charge in [-0.2, -0.15) is 0 Å². The maximum atomic E-state index is 5.76. The normalized spacial score (nSPS) is 10.8. The molecule has 2 N–H and O–H groups in total. The maximum absolute atomic E-state index is 5.76. The molecule has 0 aliphatic carbocycles. The number of pyridine rings is 2. The monoisotopic (exact) mass is 312 g/mol. The number of aromatic nitrogens is 2. The van der Waals surface area contributed by atoms with Gasteiger partial charge in [-0.15, -0.1) is 0 Å². The van der Waals surface area contributed by atoms with Gasteiger partial charge in [0.2, 0.25) is 0 Å². The van der Waals surface area contributed by atoms with Gasteiger partial charge >= 0.3 is 0 Å². The Bertz CT molecular complexity index is 977. The van der Waals surface area contributed by atoms with Gasteiger partial charge in [-0.25, -0.2) is 4.57 Å². The summed E-state index contributed by atoms with van der Waals surface area (Å²) in [7, 11) is 0. The molecule has 116 valence electrons. The number of nitrogens with two attached hydrogens (primary N) is 1. The molecule has 0 atom stereocenters. The molecule has 3 nitrogen and oxygen atoms in total. The van der Waals surface area contributed by atoms with Gasteiger partial charge in [-0.05, 0) is 17.0 Å². The lowest BCUT2D eigenvalue weighted by Gasteiger charge is -2.08. The van der Waals surface area contributed by atoms with Crippen molar-refractivity contribution in [3.63, 3.8) is 0 Å². The van der Waals surface area contributed by atoms with Crippen LogP contribution < -0.4 is 10.3 Å². The number of benzene rings is 2. The van der Waals surface area contributed by atoms with Crippen LogP contribution in [0, 0.1) is 0 Å². The van der Waals surface area contributed by atoms with Gasteiger partial charge in [0.05, 0.1) is 0 Å². The molecular weight excluding hydrogens is 294 g/mol. The maximum Gasteiger partial charge on any atom is 0.173 e. The van der Waals surface area contributed by atoms with Crippen LogP contribution in [0.3, 0.4) is 0 Å². The van der Waals surface area contributed by atoms with Crippen LogP contribution in [0.1, 0.15) is 5.56 Å². The smallest absolute Gasteiger partial charge is 0.173 e. The summed E-state index contributed by atoms with van der Waals surface area (Å²) in [6.07, 6.45) is 7.87. The predicted molar refractivity (Wildman–Crippen MR) is 97.3 cm³/mol. The first-order valence-electron chi connectivity index (χ1n) is 7.96. The molecule has 0 fully saturated rings. The third kappa shape index (κ3) is 2.84. The number of nitrogens with zero attached hydrogens (tertiary/aromatic N) is 2. The van der Waals surface area contributed by atoms with Crippen LogP contribution in [0.15, 0.2) is 85.5 Å². The molecule has 4 rings (SSSR count). The topological polar surface area (TPSA) is 42.8 Å². The number of rotatable bonds is 3. The Hall–Kier alpha value is -3.20. The van der Waals surface area contributed by atoms with Crippen LogP contribution in [0.4, 0.5) is 5.69 Å².